The second kappa shape index (κ2) is 12.1. The van der Waals surface area contributed by atoms with Crippen LogP contribution in [0.1, 0.15) is 11.1 Å². The summed E-state index contributed by atoms with van der Waals surface area (Å²) in [5.74, 6) is 2.78. The third kappa shape index (κ3) is 6.47. The lowest BCUT2D eigenvalue weighted by atomic mass is 10.1. The molecule has 5 aromatic rings. The molecule has 0 fully saturated rings. The lowest BCUT2D eigenvalue weighted by molar-refractivity contribution is 0.626. The Kier molecular flexibility index (Phi) is 8.24. The zero-order chi connectivity index (χ0) is 27.2. The maximum atomic E-state index is 13.5. The van der Waals surface area contributed by atoms with Crippen LogP contribution in [0.15, 0.2) is 79.0 Å². The van der Waals surface area contributed by atoms with Crippen LogP contribution in [0.5, 0.6) is 0 Å². The lowest BCUT2D eigenvalue weighted by Crippen LogP contribution is -2.12. The Hall–Kier alpha value is -4.15. The molecule has 0 saturated heterocycles. The van der Waals surface area contributed by atoms with Gasteiger partial charge in [0.15, 0.2) is 0 Å². The summed E-state index contributed by atoms with van der Waals surface area (Å²) in [4.78, 5) is 15.9. The second-order valence-corrected chi connectivity index (χ2v) is 10.2. The number of anilines is 5. The molecule has 200 valence electrons. The topological polar surface area (TPSA) is 82.9 Å². The van der Waals surface area contributed by atoms with Crippen molar-refractivity contribution in [3.05, 3.63) is 95.9 Å². The van der Waals surface area contributed by atoms with Crippen molar-refractivity contribution in [3.63, 3.8) is 0 Å². The van der Waals surface area contributed by atoms with Crippen molar-refractivity contribution < 1.29 is 4.39 Å². The van der Waals surface area contributed by atoms with Crippen LogP contribution in [-0.2, 0) is 20.0 Å². The molecule has 8 nitrogen and oxygen atoms in total. The summed E-state index contributed by atoms with van der Waals surface area (Å²) >= 11 is 1.71. The molecule has 0 atom stereocenters. The first-order valence-corrected chi connectivity index (χ1v) is 13.6. The number of nitrogens with one attached hydrogen (secondary N) is 3. The van der Waals surface area contributed by atoms with Gasteiger partial charge in [0, 0.05) is 44.0 Å². The number of imidazole rings is 1. The number of halogens is 1. The Morgan fingerprint density at radius 3 is 2.62 bits per heavy atom. The van der Waals surface area contributed by atoms with Crippen LogP contribution in [-0.4, -0.2) is 39.4 Å². The van der Waals surface area contributed by atoms with E-state index in [0.717, 1.165) is 51.9 Å². The number of aromatic nitrogens is 4. The average molecular weight is 543 g/mol. The van der Waals surface area contributed by atoms with Gasteiger partial charge in [-0.1, -0.05) is 36.2 Å². The molecule has 3 aromatic carbocycles. The molecule has 2 aromatic heterocycles. The molecule has 10 heteroatoms. The van der Waals surface area contributed by atoms with Crippen molar-refractivity contribution in [1.82, 2.24) is 24.2 Å². The first kappa shape index (κ1) is 26.5. The normalized spacial score (nSPS) is 11.1. The van der Waals surface area contributed by atoms with Gasteiger partial charge in [0.05, 0.1) is 11.0 Å². The summed E-state index contributed by atoms with van der Waals surface area (Å²) in [5.41, 5.74) is 5.88. The Balaban J connectivity index is 1.28. The highest BCUT2D eigenvalue weighted by Gasteiger charge is 2.12. The highest BCUT2D eigenvalue weighted by molar-refractivity contribution is 7.97. The summed E-state index contributed by atoms with van der Waals surface area (Å²) in [7, 11) is 5.87. The number of hydrogen-bond acceptors (Lipinski definition) is 8. The fraction of sp³-hybridized carbons (Fsp3) is 0.207. The minimum atomic E-state index is -0.247. The predicted molar refractivity (Wildman–Crippen MR) is 159 cm³/mol. The third-order valence-electron chi connectivity index (χ3n) is 6.42. The van der Waals surface area contributed by atoms with Gasteiger partial charge in [0.1, 0.15) is 11.6 Å². The monoisotopic (exact) mass is 542 g/mol. The van der Waals surface area contributed by atoms with Crippen LogP contribution in [0.25, 0.3) is 11.0 Å². The van der Waals surface area contributed by atoms with E-state index in [0.29, 0.717) is 12.5 Å². The lowest BCUT2D eigenvalue weighted by Gasteiger charge is -2.19. The predicted octanol–water partition coefficient (Wildman–Crippen LogP) is 6.04. The van der Waals surface area contributed by atoms with E-state index in [4.69, 9.17) is 9.97 Å². The summed E-state index contributed by atoms with van der Waals surface area (Å²) < 4.78 is 18.6. The molecule has 0 unspecified atom stereocenters. The summed E-state index contributed by atoms with van der Waals surface area (Å²) in [6.45, 7) is 0.483. The van der Waals surface area contributed by atoms with Crippen molar-refractivity contribution in [2.24, 2.45) is 7.05 Å². The standard InChI is InChI=1S/C29H31FN8S/c1-31-39-16-14-20-7-9-23(10-8-20)34-28-32-15-13-27(36-28)37(2)24-11-12-26-25(18-24)35-29(38(26)3)33-19-21-5-4-6-22(30)17-21/h4-13,15,17-18,31H,14,16,19H2,1-3H3,(H,33,35)(H,32,34,36). The number of benzene rings is 3. The van der Waals surface area contributed by atoms with Crippen molar-refractivity contribution >= 4 is 52.1 Å². The van der Waals surface area contributed by atoms with Crippen LogP contribution in [0.4, 0.5) is 33.5 Å². The summed E-state index contributed by atoms with van der Waals surface area (Å²) in [6.07, 6.45) is 2.76. The van der Waals surface area contributed by atoms with E-state index in [-0.39, 0.29) is 5.82 Å². The van der Waals surface area contributed by atoms with Crippen LogP contribution in [0.2, 0.25) is 0 Å². The zero-order valence-corrected chi connectivity index (χ0v) is 23.0. The fourth-order valence-corrected chi connectivity index (χ4v) is 4.81. The van der Waals surface area contributed by atoms with Gasteiger partial charge in [-0.3, -0.25) is 4.72 Å². The van der Waals surface area contributed by atoms with Crippen LogP contribution in [0, 0.1) is 5.82 Å². The van der Waals surface area contributed by atoms with E-state index in [1.165, 1.54) is 17.7 Å². The van der Waals surface area contributed by atoms with Gasteiger partial charge in [-0.2, -0.15) is 4.98 Å². The van der Waals surface area contributed by atoms with Gasteiger partial charge >= 0.3 is 0 Å². The molecule has 5 rings (SSSR count). The summed E-state index contributed by atoms with van der Waals surface area (Å²) in [5, 5.41) is 6.61. The molecule has 3 N–H and O–H groups in total. The molecular formula is C29H31FN8S. The maximum absolute atomic E-state index is 13.5. The molecule has 39 heavy (non-hydrogen) atoms. The van der Waals surface area contributed by atoms with E-state index >= 15 is 0 Å². The molecule has 2 heterocycles. The van der Waals surface area contributed by atoms with Crippen LogP contribution >= 0.6 is 11.9 Å². The molecular weight excluding hydrogens is 511 g/mol. The highest BCUT2D eigenvalue weighted by Crippen LogP contribution is 2.28. The molecule has 0 amide bonds. The SMILES string of the molecule is CNSCCc1ccc(Nc2nccc(N(C)c3ccc4c(c3)nc(NCc3cccc(F)c3)n4C)n2)cc1. The Morgan fingerprint density at radius 1 is 0.974 bits per heavy atom. The van der Waals surface area contributed by atoms with Gasteiger partial charge in [-0.25, -0.2) is 14.4 Å². The maximum Gasteiger partial charge on any atom is 0.229 e. The number of nitrogens with zero attached hydrogens (tertiary/aromatic N) is 5. The van der Waals surface area contributed by atoms with Crippen molar-refractivity contribution in [2.75, 3.05) is 35.4 Å². The van der Waals surface area contributed by atoms with Gasteiger partial charge < -0.3 is 20.1 Å². The Morgan fingerprint density at radius 2 is 1.82 bits per heavy atom. The van der Waals surface area contributed by atoms with Gasteiger partial charge in [-0.05, 0) is 73.1 Å². The molecule has 0 aliphatic rings. The largest absolute Gasteiger partial charge is 0.352 e. The number of hydrogen-bond donors (Lipinski definition) is 3. The van der Waals surface area contributed by atoms with Crippen molar-refractivity contribution in [2.45, 2.75) is 13.0 Å². The number of fused-ring (bicyclic) bond motifs is 1. The van der Waals surface area contributed by atoms with Crippen LogP contribution in [0.3, 0.4) is 0 Å². The third-order valence-corrected chi connectivity index (χ3v) is 7.12. The summed E-state index contributed by atoms with van der Waals surface area (Å²) in [6, 6.07) is 22.9. The van der Waals surface area contributed by atoms with E-state index in [1.54, 1.807) is 24.2 Å². The molecule has 0 aliphatic heterocycles. The van der Waals surface area contributed by atoms with Crippen LogP contribution < -0.4 is 20.3 Å². The van der Waals surface area contributed by atoms with Crippen molar-refractivity contribution in [1.29, 1.82) is 0 Å². The van der Waals surface area contributed by atoms with E-state index in [2.05, 4.69) is 32.5 Å². The minimum Gasteiger partial charge on any atom is -0.352 e. The molecule has 0 radical (unpaired) electrons. The second-order valence-electron chi connectivity index (χ2n) is 9.07. The smallest absolute Gasteiger partial charge is 0.229 e. The van der Waals surface area contributed by atoms with E-state index in [1.807, 2.05) is 73.1 Å². The van der Waals surface area contributed by atoms with Gasteiger partial charge in [0.2, 0.25) is 11.9 Å². The van der Waals surface area contributed by atoms with Gasteiger partial charge in [0.25, 0.3) is 0 Å². The zero-order valence-electron chi connectivity index (χ0n) is 22.1. The highest BCUT2D eigenvalue weighted by atomic mass is 32.2. The molecule has 0 bridgehead atoms. The number of aryl methyl sites for hydroxylation is 2. The Labute approximate surface area is 231 Å². The Bertz CT molecular complexity index is 1550. The first-order chi connectivity index (χ1) is 19.0. The minimum absolute atomic E-state index is 0.247. The fourth-order valence-electron chi connectivity index (χ4n) is 4.27. The quantitative estimate of drug-likeness (QED) is 0.138. The van der Waals surface area contributed by atoms with E-state index < -0.39 is 0 Å². The number of rotatable bonds is 11. The molecule has 0 saturated carbocycles. The van der Waals surface area contributed by atoms with E-state index in [9.17, 15) is 4.39 Å². The van der Waals surface area contributed by atoms with Crippen molar-refractivity contribution in [3.8, 4) is 0 Å². The molecule has 0 aliphatic carbocycles. The molecule has 0 spiro atoms. The first-order valence-electron chi connectivity index (χ1n) is 12.7. The average Bonchev–Trinajstić information content (AvgIpc) is 3.27. The van der Waals surface area contributed by atoms with Gasteiger partial charge in [-0.15, -0.1) is 0 Å².